The second kappa shape index (κ2) is 10.6. The summed E-state index contributed by atoms with van der Waals surface area (Å²) in [5.41, 5.74) is 0.0778. The lowest BCUT2D eigenvalue weighted by Crippen LogP contribution is -2.41. The molecule has 1 aromatic carbocycles. The maximum atomic E-state index is 12.2. The molecule has 0 aliphatic carbocycles. The van der Waals surface area contributed by atoms with Crippen molar-refractivity contribution in [1.29, 1.82) is 0 Å². The largest absolute Gasteiger partial charge is 0.478 e. The summed E-state index contributed by atoms with van der Waals surface area (Å²) in [6.45, 7) is 9.98. The number of carboxylic acid groups (broad SMARTS) is 1. The molecular formula is C24H36N2O5. The van der Waals surface area contributed by atoms with Gasteiger partial charge in [-0.3, -0.25) is 0 Å². The molecule has 7 nitrogen and oxygen atoms in total. The minimum absolute atomic E-state index is 0.249. The van der Waals surface area contributed by atoms with Gasteiger partial charge >= 0.3 is 12.1 Å². The van der Waals surface area contributed by atoms with Crippen molar-refractivity contribution in [3.63, 3.8) is 0 Å². The van der Waals surface area contributed by atoms with Gasteiger partial charge in [0.2, 0.25) is 5.60 Å². The zero-order chi connectivity index (χ0) is 23.1. The summed E-state index contributed by atoms with van der Waals surface area (Å²) < 4.78 is 5.46. The van der Waals surface area contributed by atoms with E-state index in [0.717, 1.165) is 37.0 Å². The average Bonchev–Trinajstić information content (AvgIpc) is 2.70. The van der Waals surface area contributed by atoms with Gasteiger partial charge in [0.25, 0.3) is 0 Å². The Morgan fingerprint density at radius 2 is 1.71 bits per heavy atom. The van der Waals surface area contributed by atoms with Crippen LogP contribution >= 0.6 is 0 Å². The number of piperidine rings is 1. The van der Waals surface area contributed by atoms with Gasteiger partial charge in [0.15, 0.2) is 0 Å². The molecule has 1 saturated heterocycles. The number of carboxylic acids is 1. The monoisotopic (exact) mass is 432 g/mol. The van der Waals surface area contributed by atoms with E-state index in [9.17, 15) is 14.7 Å². The molecule has 1 heterocycles. The van der Waals surface area contributed by atoms with E-state index in [-0.39, 0.29) is 6.09 Å². The van der Waals surface area contributed by atoms with Crippen LogP contribution in [0.15, 0.2) is 35.5 Å². The Labute approximate surface area is 185 Å². The fourth-order valence-corrected chi connectivity index (χ4v) is 3.32. The lowest BCUT2D eigenvalue weighted by atomic mass is 9.90. The molecule has 0 radical (unpaired) electrons. The summed E-state index contributed by atoms with van der Waals surface area (Å²) in [5, 5.41) is 13.5. The summed E-state index contributed by atoms with van der Waals surface area (Å²) in [4.78, 5) is 30.7. The first-order valence-corrected chi connectivity index (χ1v) is 11.0. The van der Waals surface area contributed by atoms with E-state index in [0.29, 0.717) is 25.4 Å². The van der Waals surface area contributed by atoms with Crippen LogP contribution in [0.2, 0.25) is 0 Å². The highest BCUT2D eigenvalue weighted by atomic mass is 16.7. The lowest BCUT2D eigenvalue weighted by Gasteiger charge is -2.33. The van der Waals surface area contributed by atoms with Gasteiger partial charge in [-0.25, -0.2) is 9.59 Å². The van der Waals surface area contributed by atoms with Gasteiger partial charge in [0.05, 0.1) is 5.71 Å². The molecule has 31 heavy (non-hydrogen) atoms. The summed E-state index contributed by atoms with van der Waals surface area (Å²) in [6, 6.07) is 9.96. The molecular weight excluding hydrogens is 396 g/mol. The zero-order valence-corrected chi connectivity index (χ0v) is 19.4. The Bertz CT molecular complexity index is 760. The summed E-state index contributed by atoms with van der Waals surface area (Å²) in [6.07, 6.45) is 3.85. The Morgan fingerprint density at radius 3 is 2.26 bits per heavy atom. The normalized spacial score (nSPS) is 16.2. The fourth-order valence-electron chi connectivity index (χ4n) is 3.32. The molecule has 2 rings (SSSR count). The van der Waals surface area contributed by atoms with Crippen molar-refractivity contribution in [3.05, 3.63) is 35.9 Å². The summed E-state index contributed by atoms with van der Waals surface area (Å²) >= 11 is 0. The number of oxime groups is 1. The van der Waals surface area contributed by atoms with E-state index in [1.807, 2.05) is 51.1 Å². The quantitative estimate of drug-likeness (QED) is 0.467. The molecule has 0 atom stereocenters. The third kappa shape index (κ3) is 8.59. The third-order valence-corrected chi connectivity index (χ3v) is 5.28. The van der Waals surface area contributed by atoms with Crippen molar-refractivity contribution in [2.24, 2.45) is 11.1 Å². The Morgan fingerprint density at radius 1 is 1.10 bits per heavy atom. The number of ether oxygens (including phenoxy) is 1. The van der Waals surface area contributed by atoms with Crippen LogP contribution in [0.3, 0.4) is 0 Å². The standard InChI is InChI=1S/C24H36N2O5/c1-23(2,3)30-22(29)26-15-13-18(14-16-26)11-12-20(17-19-9-7-6-8-10-19)25-31-24(4,5)21(27)28/h6-10,18H,11-17H2,1-5H3,(H,27,28)/b25-20+. The minimum atomic E-state index is -1.37. The lowest BCUT2D eigenvalue weighted by molar-refractivity contribution is -0.161. The topological polar surface area (TPSA) is 88.4 Å². The molecule has 1 N–H and O–H groups in total. The van der Waals surface area contributed by atoms with E-state index in [2.05, 4.69) is 5.16 Å². The number of hydrogen-bond acceptors (Lipinski definition) is 5. The van der Waals surface area contributed by atoms with Crippen molar-refractivity contribution >= 4 is 17.8 Å². The average molecular weight is 433 g/mol. The van der Waals surface area contributed by atoms with Crippen molar-refractivity contribution in [1.82, 2.24) is 4.90 Å². The van der Waals surface area contributed by atoms with Gasteiger partial charge in [-0.1, -0.05) is 35.5 Å². The highest BCUT2D eigenvalue weighted by Gasteiger charge is 2.30. The molecule has 1 aromatic rings. The Hall–Kier alpha value is -2.57. The van der Waals surface area contributed by atoms with Gasteiger partial charge in [0.1, 0.15) is 5.60 Å². The molecule has 1 amide bonds. The molecule has 0 bridgehead atoms. The number of benzene rings is 1. The van der Waals surface area contributed by atoms with Crippen LogP contribution in [0, 0.1) is 5.92 Å². The first-order valence-electron chi connectivity index (χ1n) is 11.0. The predicted molar refractivity (Wildman–Crippen MR) is 120 cm³/mol. The van der Waals surface area contributed by atoms with E-state index in [4.69, 9.17) is 9.57 Å². The van der Waals surface area contributed by atoms with Crippen LogP contribution in [-0.4, -0.2) is 52.1 Å². The number of aliphatic carboxylic acids is 1. The van der Waals surface area contributed by atoms with E-state index >= 15 is 0 Å². The first kappa shape index (κ1) is 24.7. The number of likely N-dealkylation sites (tertiary alicyclic amines) is 1. The van der Waals surface area contributed by atoms with Gasteiger partial charge < -0.3 is 19.6 Å². The Kier molecular flexibility index (Phi) is 8.48. The molecule has 7 heteroatoms. The van der Waals surface area contributed by atoms with Crippen molar-refractivity contribution < 1.29 is 24.3 Å². The van der Waals surface area contributed by atoms with Gasteiger partial charge in [-0.05, 0) is 71.8 Å². The second-order valence-electron chi connectivity index (χ2n) is 9.68. The first-order chi connectivity index (χ1) is 14.5. The highest BCUT2D eigenvalue weighted by Crippen LogP contribution is 2.24. The number of amides is 1. The van der Waals surface area contributed by atoms with E-state index < -0.39 is 17.2 Å². The number of rotatable bonds is 8. The summed E-state index contributed by atoms with van der Waals surface area (Å²) in [5.74, 6) is -0.572. The van der Waals surface area contributed by atoms with Crippen molar-refractivity contribution in [2.75, 3.05) is 13.1 Å². The van der Waals surface area contributed by atoms with E-state index in [1.165, 1.54) is 13.8 Å². The molecule has 0 unspecified atom stereocenters. The van der Waals surface area contributed by atoms with E-state index in [1.54, 1.807) is 4.90 Å². The minimum Gasteiger partial charge on any atom is -0.478 e. The number of carbonyl (C=O) groups is 2. The SMILES string of the molecule is CC(C)(C)OC(=O)N1CCC(CC/C(Cc2ccccc2)=N\OC(C)(C)C(=O)O)CC1. The third-order valence-electron chi connectivity index (χ3n) is 5.28. The van der Waals surface area contributed by atoms with Gasteiger partial charge in [-0.15, -0.1) is 0 Å². The van der Waals surface area contributed by atoms with Crippen LogP contribution in [-0.2, 0) is 20.8 Å². The zero-order valence-electron chi connectivity index (χ0n) is 19.4. The fraction of sp³-hybridized carbons (Fsp3) is 0.625. The predicted octanol–water partition coefficient (Wildman–Crippen LogP) is 4.89. The number of hydrogen-bond donors (Lipinski definition) is 1. The molecule has 0 aromatic heterocycles. The smallest absolute Gasteiger partial charge is 0.410 e. The molecule has 1 aliphatic rings. The van der Waals surface area contributed by atoms with Gasteiger partial charge in [0, 0.05) is 19.5 Å². The van der Waals surface area contributed by atoms with Crippen LogP contribution in [0.5, 0.6) is 0 Å². The molecule has 0 saturated carbocycles. The summed E-state index contributed by atoms with van der Waals surface area (Å²) in [7, 11) is 0. The molecule has 1 fully saturated rings. The Balaban J connectivity index is 1.93. The maximum Gasteiger partial charge on any atom is 0.410 e. The van der Waals surface area contributed by atoms with Crippen LogP contribution in [0.25, 0.3) is 0 Å². The van der Waals surface area contributed by atoms with Crippen LogP contribution < -0.4 is 0 Å². The van der Waals surface area contributed by atoms with Crippen LogP contribution in [0.4, 0.5) is 4.79 Å². The van der Waals surface area contributed by atoms with Crippen LogP contribution in [0.1, 0.15) is 65.9 Å². The molecule has 0 spiro atoms. The maximum absolute atomic E-state index is 12.2. The van der Waals surface area contributed by atoms with Crippen molar-refractivity contribution in [3.8, 4) is 0 Å². The number of nitrogens with zero attached hydrogens (tertiary/aromatic N) is 2. The van der Waals surface area contributed by atoms with Crippen molar-refractivity contribution in [2.45, 2.75) is 77.9 Å². The molecule has 1 aliphatic heterocycles. The number of carbonyl (C=O) groups excluding carboxylic acids is 1. The highest BCUT2D eigenvalue weighted by molar-refractivity contribution is 5.86. The molecule has 172 valence electrons. The second-order valence-corrected chi connectivity index (χ2v) is 9.68. The van der Waals surface area contributed by atoms with Gasteiger partial charge in [-0.2, -0.15) is 0 Å².